The third-order valence-corrected chi connectivity index (χ3v) is 5.16. The van der Waals surface area contributed by atoms with E-state index < -0.39 is 16.1 Å². The number of hydrogen-bond acceptors (Lipinski definition) is 4. The third-order valence-electron chi connectivity index (χ3n) is 3.86. The third kappa shape index (κ3) is 3.89. The minimum absolute atomic E-state index is 0.241. The molecule has 7 nitrogen and oxygen atoms in total. The fraction of sp³-hybridized carbons (Fsp3) is 0.500. The summed E-state index contributed by atoms with van der Waals surface area (Å²) >= 11 is 0. The molecular weight excluding hydrogens is 308 g/mol. The highest BCUT2D eigenvalue weighted by atomic mass is 32.2. The van der Waals surface area contributed by atoms with Crippen molar-refractivity contribution in [3.05, 3.63) is 23.8 Å². The molecule has 22 heavy (non-hydrogen) atoms. The van der Waals surface area contributed by atoms with E-state index in [4.69, 9.17) is 9.84 Å². The van der Waals surface area contributed by atoms with Crippen LogP contribution < -0.4 is 10.1 Å². The summed E-state index contributed by atoms with van der Waals surface area (Å²) in [6.45, 7) is 1.00. The SMILES string of the molecule is COc1cc(C2CCN(S(C)(=O)=O)CC2)ccc1NC(=O)O. The number of rotatable bonds is 4. The Kier molecular flexibility index (Phi) is 4.92. The maximum atomic E-state index is 11.5. The van der Waals surface area contributed by atoms with Crippen LogP contribution in [0.15, 0.2) is 18.2 Å². The Hall–Kier alpha value is -1.80. The van der Waals surface area contributed by atoms with Crippen LogP contribution >= 0.6 is 0 Å². The molecule has 0 bridgehead atoms. The number of benzene rings is 1. The molecule has 1 aliphatic heterocycles. The Morgan fingerprint density at radius 1 is 1.36 bits per heavy atom. The summed E-state index contributed by atoms with van der Waals surface area (Å²) in [5, 5.41) is 11.1. The number of nitrogens with one attached hydrogen (secondary N) is 1. The lowest BCUT2D eigenvalue weighted by Crippen LogP contribution is -2.37. The number of anilines is 1. The lowest BCUT2D eigenvalue weighted by Gasteiger charge is -2.30. The van der Waals surface area contributed by atoms with Crippen LogP contribution in [-0.2, 0) is 10.0 Å². The molecule has 0 radical (unpaired) electrons. The van der Waals surface area contributed by atoms with Crippen LogP contribution in [-0.4, -0.2) is 50.4 Å². The Morgan fingerprint density at radius 2 is 2.00 bits per heavy atom. The van der Waals surface area contributed by atoms with E-state index in [-0.39, 0.29) is 5.92 Å². The van der Waals surface area contributed by atoms with Crippen molar-refractivity contribution in [3.63, 3.8) is 0 Å². The number of sulfonamides is 1. The highest BCUT2D eigenvalue weighted by Gasteiger charge is 2.26. The minimum atomic E-state index is -3.13. The molecule has 0 unspecified atom stereocenters. The zero-order valence-corrected chi connectivity index (χ0v) is 13.4. The molecule has 2 rings (SSSR count). The van der Waals surface area contributed by atoms with Gasteiger partial charge in [-0.05, 0) is 36.5 Å². The van der Waals surface area contributed by atoms with Crippen molar-refractivity contribution in [2.45, 2.75) is 18.8 Å². The number of amides is 1. The van der Waals surface area contributed by atoms with Gasteiger partial charge in [-0.3, -0.25) is 5.32 Å². The van der Waals surface area contributed by atoms with Gasteiger partial charge in [-0.1, -0.05) is 6.07 Å². The van der Waals surface area contributed by atoms with E-state index in [1.165, 1.54) is 17.7 Å². The van der Waals surface area contributed by atoms with Gasteiger partial charge >= 0.3 is 6.09 Å². The largest absolute Gasteiger partial charge is 0.495 e. The number of methoxy groups -OCH3 is 1. The standard InChI is InChI=1S/C14H20N2O5S/c1-21-13-9-11(3-4-12(13)15-14(17)18)10-5-7-16(8-6-10)22(2,19)20/h3-4,9-10,15H,5-8H2,1-2H3,(H,17,18). The van der Waals surface area contributed by atoms with E-state index in [1.54, 1.807) is 6.07 Å². The molecule has 0 aromatic heterocycles. The van der Waals surface area contributed by atoms with Crippen molar-refractivity contribution >= 4 is 21.8 Å². The fourth-order valence-electron chi connectivity index (χ4n) is 2.70. The Bertz CT molecular complexity index is 651. The molecule has 1 heterocycles. The van der Waals surface area contributed by atoms with Crippen LogP contribution in [0, 0.1) is 0 Å². The second-order valence-corrected chi connectivity index (χ2v) is 7.31. The maximum Gasteiger partial charge on any atom is 0.409 e. The highest BCUT2D eigenvalue weighted by Crippen LogP contribution is 2.34. The van der Waals surface area contributed by atoms with Crippen molar-refractivity contribution in [2.75, 3.05) is 31.8 Å². The summed E-state index contributed by atoms with van der Waals surface area (Å²) < 4.78 is 29.7. The molecule has 1 aromatic carbocycles. The first-order chi connectivity index (χ1) is 10.3. The van der Waals surface area contributed by atoms with Crippen LogP contribution in [0.2, 0.25) is 0 Å². The summed E-state index contributed by atoms with van der Waals surface area (Å²) in [7, 11) is -1.65. The Morgan fingerprint density at radius 3 is 2.50 bits per heavy atom. The van der Waals surface area contributed by atoms with Gasteiger partial charge in [-0.2, -0.15) is 0 Å². The van der Waals surface area contributed by atoms with Crippen molar-refractivity contribution in [1.82, 2.24) is 4.31 Å². The Balaban J connectivity index is 2.12. The molecule has 0 atom stereocenters. The summed E-state index contributed by atoms with van der Waals surface area (Å²) in [5.74, 6) is 0.705. The normalized spacial score (nSPS) is 17.2. The summed E-state index contributed by atoms with van der Waals surface area (Å²) in [4.78, 5) is 10.7. The molecule has 1 amide bonds. The molecule has 0 saturated carbocycles. The van der Waals surface area contributed by atoms with Gasteiger partial charge in [0.2, 0.25) is 10.0 Å². The van der Waals surface area contributed by atoms with E-state index >= 15 is 0 Å². The topological polar surface area (TPSA) is 95.9 Å². The molecule has 1 aliphatic rings. The predicted octanol–water partition coefficient (Wildman–Crippen LogP) is 1.92. The number of carbonyl (C=O) groups is 1. The van der Waals surface area contributed by atoms with E-state index in [0.29, 0.717) is 24.5 Å². The van der Waals surface area contributed by atoms with Crippen molar-refractivity contribution in [2.24, 2.45) is 0 Å². The van der Waals surface area contributed by atoms with Gasteiger partial charge in [0.05, 0.1) is 19.1 Å². The van der Waals surface area contributed by atoms with Gasteiger partial charge in [-0.25, -0.2) is 17.5 Å². The number of hydrogen-bond donors (Lipinski definition) is 2. The first kappa shape index (κ1) is 16.6. The highest BCUT2D eigenvalue weighted by molar-refractivity contribution is 7.88. The van der Waals surface area contributed by atoms with Gasteiger partial charge in [-0.15, -0.1) is 0 Å². The molecule has 2 N–H and O–H groups in total. The van der Waals surface area contributed by atoms with Crippen molar-refractivity contribution < 1.29 is 23.1 Å². The smallest absolute Gasteiger partial charge is 0.409 e. The Labute approximate surface area is 129 Å². The monoisotopic (exact) mass is 328 g/mol. The van der Waals surface area contributed by atoms with Gasteiger partial charge < -0.3 is 9.84 Å². The number of carboxylic acid groups (broad SMARTS) is 1. The molecule has 8 heteroatoms. The van der Waals surface area contributed by atoms with Crippen LogP contribution in [0.5, 0.6) is 5.75 Å². The number of piperidine rings is 1. The second kappa shape index (κ2) is 6.53. The predicted molar refractivity (Wildman–Crippen MR) is 83.0 cm³/mol. The quantitative estimate of drug-likeness (QED) is 0.880. The van der Waals surface area contributed by atoms with E-state index in [9.17, 15) is 13.2 Å². The number of ether oxygens (including phenoxy) is 1. The zero-order chi connectivity index (χ0) is 16.3. The van der Waals surface area contributed by atoms with E-state index in [1.807, 2.05) is 12.1 Å². The zero-order valence-electron chi connectivity index (χ0n) is 12.6. The van der Waals surface area contributed by atoms with Crippen LogP contribution in [0.3, 0.4) is 0 Å². The minimum Gasteiger partial charge on any atom is -0.495 e. The van der Waals surface area contributed by atoms with E-state index in [2.05, 4.69) is 5.32 Å². The van der Waals surface area contributed by atoms with Crippen molar-refractivity contribution in [3.8, 4) is 5.75 Å². The van der Waals surface area contributed by atoms with E-state index in [0.717, 1.165) is 18.4 Å². The van der Waals surface area contributed by atoms with Crippen LogP contribution in [0.25, 0.3) is 0 Å². The lowest BCUT2D eigenvalue weighted by atomic mass is 9.90. The summed E-state index contributed by atoms with van der Waals surface area (Å²) in [6.07, 6.45) is 1.56. The summed E-state index contributed by atoms with van der Waals surface area (Å²) in [5.41, 5.74) is 1.42. The fourth-order valence-corrected chi connectivity index (χ4v) is 3.58. The molecule has 1 fully saturated rings. The molecule has 0 aliphatic carbocycles. The van der Waals surface area contributed by atoms with Crippen molar-refractivity contribution in [1.29, 1.82) is 0 Å². The molecule has 122 valence electrons. The first-order valence-electron chi connectivity index (χ1n) is 6.94. The lowest BCUT2D eigenvalue weighted by molar-refractivity contribution is 0.209. The molecule has 0 spiro atoms. The molecule has 1 aromatic rings. The van der Waals surface area contributed by atoms with Crippen LogP contribution in [0.4, 0.5) is 10.5 Å². The first-order valence-corrected chi connectivity index (χ1v) is 8.79. The molecule has 1 saturated heterocycles. The summed E-state index contributed by atoms with van der Waals surface area (Å²) in [6, 6.07) is 5.34. The van der Waals surface area contributed by atoms with Crippen LogP contribution in [0.1, 0.15) is 24.3 Å². The second-order valence-electron chi connectivity index (χ2n) is 5.33. The van der Waals surface area contributed by atoms with Gasteiger partial charge in [0.25, 0.3) is 0 Å². The van der Waals surface area contributed by atoms with Gasteiger partial charge in [0, 0.05) is 13.1 Å². The number of nitrogens with zero attached hydrogens (tertiary/aromatic N) is 1. The molecular formula is C14H20N2O5S. The van der Waals surface area contributed by atoms with Gasteiger partial charge in [0.1, 0.15) is 5.75 Å². The maximum absolute atomic E-state index is 11.5. The average Bonchev–Trinajstić information content (AvgIpc) is 2.46. The van der Waals surface area contributed by atoms with Gasteiger partial charge in [0.15, 0.2) is 0 Å². The average molecular weight is 328 g/mol.